The minimum Gasteiger partial charge on any atom is -0.493 e. The summed E-state index contributed by atoms with van der Waals surface area (Å²) in [5, 5.41) is 4.74. The highest BCUT2D eigenvalue weighted by atomic mass is 35.5. The molecule has 2 aromatic carbocycles. The molecule has 2 aromatic rings. The predicted octanol–water partition coefficient (Wildman–Crippen LogP) is 3.44. The molecular formula is C24H28ClN3O4. The maximum atomic E-state index is 12.1. The van der Waals surface area contributed by atoms with E-state index in [-0.39, 0.29) is 5.91 Å². The minimum atomic E-state index is -0.166. The average molecular weight is 458 g/mol. The number of halogens is 1. The molecule has 0 spiro atoms. The van der Waals surface area contributed by atoms with Crippen LogP contribution in [0.2, 0.25) is 5.02 Å². The Kier molecular flexibility index (Phi) is 9.10. The molecule has 0 radical (unpaired) electrons. The van der Waals surface area contributed by atoms with Crippen LogP contribution in [0, 0.1) is 0 Å². The van der Waals surface area contributed by atoms with Gasteiger partial charge in [-0.2, -0.15) is 5.10 Å². The van der Waals surface area contributed by atoms with E-state index in [9.17, 15) is 4.79 Å². The summed E-state index contributed by atoms with van der Waals surface area (Å²) >= 11 is 6.25. The zero-order chi connectivity index (χ0) is 22.8. The van der Waals surface area contributed by atoms with Gasteiger partial charge in [-0.05, 0) is 30.2 Å². The smallest absolute Gasteiger partial charge is 0.254 e. The number of rotatable bonds is 10. The molecule has 1 fully saturated rings. The van der Waals surface area contributed by atoms with Gasteiger partial charge in [-0.25, -0.2) is 5.43 Å². The molecule has 1 aliphatic heterocycles. The van der Waals surface area contributed by atoms with Gasteiger partial charge in [0.05, 0.1) is 33.1 Å². The molecule has 1 saturated heterocycles. The van der Waals surface area contributed by atoms with Gasteiger partial charge in [0.15, 0.2) is 11.5 Å². The van der Waals surface area contributed by atoms with Gasteiger partial charge in [-0.15, -0.1) is 6.58 Å². The number of benzene rings is 2. The largest absolute Gasteiger partial charge is 0.493 e. The third-order valence-electron chi connectivity index (χ3n) is 4.94. The van der Waals surface area contributed by atoms with Gasteiger partial charge in [-0.1, -0.05) is 35.9 Å². The lowest BCUT2D eigenvalue weighted by atomic mass is 10.1. The Morgan fingerprint density at radius 1 is 1.28 bits per heavy atom. The van der Waals surface area contributed by atoms with Crippen LogP contribution in [0.15, 0.2) is 54.2 Å². The first kappa shape index (κ1) is 23.8. The van der Waals surface area contributed by atoms with E-state index in [0.29, 0.717) is 49.3 Å². The topological polar surface area (TPSA) is 72.4 Å². The molecule has 0 aliphatic carbocycles. The Labute approximate surface area is 193 Å². The van der Waals surface area contributed by atoms with Gasteiger partial charge in [0.1, 0.15) is 6.61 Å². The fraction of sp³-hybridized carbons (Fsp3) is 0.333. The number of amides is 1. The summed E-state index contributed by atoms with van der Waals surface area (Å²) in [7, 11) is 1.58. The van der Waals surface area contributed by atoms with Crippen molar-refractivity contribution in [3.05, 3.63) is 70.8 Å². The van der Waals surface area contributed by atoms with Gasteiger partial charge >= 0.3 is 0 Å². The van der Waals surface area contributed by atoms with Crippen molar-refractivity contribution in [1.82, 2.24) is 10.3 Å². The summed E-state index contributed by atoms with van der Waals surface area (Å²) in [4.78, 5) is 14.2. The number of methoxy groups -OCH3 is 1. The van der Waals surface area contributed by atoms with Gasteiger partial charge in [0.25, 0.3) is 5.91 Å². The third kappa shape index (κ3) is 6.82. The molecule has 8 heteroatoms. The summed E-state index contributed by atoms with van der Waals surface area (Å²) < 4.78 is 16.9. The fourth-order valence-corrected chi connectivity index (χ4v) is 3.51. The lowest BCUT2D eigenvalue weighted by Crippen LogP contribution is -2.42. The first-order chi connectivity index (χ1) is 15.6. The van der Waals surface area contributed by atoms with Gasteiger partial charge < -0.3 is 14.2 Å². The zero-order valence-corrected chi connectivity index (χ0v) is 18.9. The van der Waals surface area contributed by atoms with Crippen molar-refractivity contribution >= 4 is 23.7 Å². The highest BCUT2D eigenvalue weighted by Gasteiger charge is 2.15. The minimum absolute atomic E-state index is 0.166. The number of allylic oxidation sites excluding steroid dienone is 1. The van der Waals surface area contributed by atoms with Crippen LogP contribution in [0.4, 0.5) is 0 Å². The molecule has 7 nitrogen and oxygen atoms in total. The highest BCUT2D eigenvalue weighted by molar-refractivity contribution is 6.31. The van der Waals surface area contributed by atoms with Crippen molar-refractivity contribution in [2.45, 2.75) is 13.0 Å². The Hall–Kier alpha value is -2.87. The van der Waals surface area contributed by atoms with E-state index in [1.54, 1.807) is 19.4 Å². The zero-order valence-electron chi connectivity index (χ0n) is 18.2. The van der Waals surface area contributed by atoms with Gasteiger partial charge in [0, 0.05) is 29.2 Å². The van der Waals surface area contributed by atoms with E-state index in [1.807, 2.05) is 41.3 Å². The molecule has 0 atom stereocenters. The van der Waals surface area contributed by atoms with E-state index in [4.69, 9.17) is 25.8 Å². The van der Waals surface area contributed by atoms with Crippen LogP contribution in [0.1, 0.15) is 16.7 Å². The second-order valence-electron chi connectivity index (χ2n) is 7.27. The molecule has 0 unspecified atom stereocenters. The van der Waals surface area contributed by atoms with E-state index in [2.05, 4.69) is 17.1 Å². The van der Waals surface area contributed by atoms with Crippen molar-refractivity contribution in [1.29, 1.82) is 0 Å². The predicted molar refractivity (Wildman–Crippen MR) is 126 cm³/mol. The van der Waals surface area contributed by atoms with Gasteiger partial charge in [-0.3, -0.25) is 9.69 Å². The van der Waals surface area contributed by atoms with E-state index in [1.165, 1.54) is 0 Å². The van der Waals surface area contributed by atoms with Crippen molar-refractivity contribution in [3.63, 3.8) is 0 Å². The number of hydrazone groups is 1. The summed E-state index contributed by atoms with van der Waals surface area (Å²) in [5.41, 5.74) is 5.13. The Bertz CT molecular complexity index is 958. The maximum absolute atomic E-state index is 12.1. The normalized spacial score (nSPS) is 14.3. The van der Waals surface area contributed by atoms with Crippen molar-refractivity contribution in [2.75, 3.05) is 40.0 Å². The number of nitrogens with zero attached hydrogens (tertiary/aromatic N) is 2. The summed E-state index contributed by atoms with van der Waals surface area (Å²) in [6.07, 6.45) is 3.96. The first-order valence-electron chi connectivity index (χ1n) is 10.4. The molecule has 1 aliphatic rings. The number of ether oxygens (including phenoxy) is 3. The average Bonchev–Trinajstić information content (AvgIpc) is 2.80. The summed E-state index contributed by atoms with van der Waals surface area (Å²) in [5.74, 6) is 1.03. The number of carbonyl (C=O) groups is 1. The summed E-state index contributed by atoms with van der Waals surface area (Å²) in [6, 6.07) is 11.3. The van der Waals surface area contributed by atoms with Crippen LogP contribution in [0.25, 0.3) is 0 Å². The molecule has 3 rings (SSSR count). The van der Waals surface area contributed by atoms with Crippen LogP contribution < -0.4 is 14.9 Å². The monoisotopic (exact) mass is 457 g/mol. The molecule has 1 N–H and O–H groups in total. The van der Waals surface area contributed by atoms with Crippen LogP contribution in [0.3, 0.4) is 0 Å². The van der Waals surface area contributed by atoms with Crippen molar-refractivity contribution < 1.29 is 19.0 Å². The number of nitrogens with one attached hydrogen (secondary N) is 1. The lowest BCUT2D eigenvalue weighted by Gasteiger charge is -2.25. The second kappa shape index (κ2) is 12.2. The molecular weight excluding hydrogens is 430 g/mol. The Morgan fingerprint density at radius 2 is 2.06 bits per heavy atom. The quantitative estimate of drug-likeness (QED) is 0.336. The van der Waals surface area contributed by atoms with Crippen LogP contribution >= 0.6 is 11.6 Å². The molecule has 0 saturated carbocycles. The maximum Gasteiger partial charge on any atom is 0.254 e. The highest BCUT2D eigenvalue weighted by Crippen LogP contribution is 2.34. The van der Waals surface area contributed by atoms with E-state index >= 15 is 0 Å². The van der Waals surface area contributed by atoms with Crippen molar-refractivity contribution in [2.24, 2.45) is 5.10 Å². The van der Waals surface area contributed by atoms with Gasteiger partial charge in [0.2, 0.25) is 0 Å². The van der Waals surface area contributed by atoms with Crippen molar-refractivity contribution in [3.8, 4) is 11.5 Å². The standard InChI is InChI=1S/C24H28ClN3O4/c1-3-6-19-13-18(15-26-27-23(29)16-28-9-11-31-12-10-28)14-22(30-2)24(19)32-17-20-7-4-5-8-21(20)25/h3-5,7-8,13-15H,1,6,9-12,16-17H2,2H3,(H,27,29)/b26-15+. The molecule has 170 valence electrons. The number of hydrogen-bond donors (Lipinski definition) is 1. The van der Waals surface area contributed by atoms with E-state index in [0.717, 1.165) is 29.8 Å². The molecule has 1 heterocycles. The number of hydrogen-bond acceptors (Lipinski definition) is 6. The molecule has 0 aromatic heterocycles. The Morgan fingerprint density at radius 3 is 2.78 bits per heavy atom. The third-order valence-corrected chi connectivity index (χ3v) is 5.31. The Balaban J connectivity index is 1.69. The van der Waals surface area contributed by atoms with Crippen LogP contribution in [0.5, 0.6) is 11.5 Å². The fourth-order valence-electron chi connectivity index (χ4n) is 3.32. The summed E-state index contributed by atoms with van der Waals surface area (Å²) in [6.45, 7) is 7.22. The SMILES string of the molecule is C=CCc1cc(/C=N/NC(=O)CN2CCOCC2)cc(OC)c1OCc1ccccc1Cl. The molecule has 1 amide bonds. The number of carbonyl (C=O) groups excluding carboxylic acids is 1. The number of morpholine rings is 1. The molecule has 0 bridgehead atoms. The van der Waals surface area contributed by atoms with E-state index < -0.39 is 0 Å². The molecule has 32 heavy (non-hydrogen) atoms. The first-order valence-corrected chi connectivity index (χ1v) is 10.8. The van der Waals surface area contributed by atoms with Crippen LogP contribution in [-0.2, 0) is 22.6 Å². The van der Waals surface area contributed by atoms with Crippen LogP contribution in [-0.4, -0.2) is 57.0 Å². The lowest BCUT2D eigenvalue weighted by molar-refractivity contribution is -0.123. The second-order valence-corrected chi connectivity index (χ2v) is 7.67.